The number of benzene rings is 1. The van der Waals surface area contributed by atoms with Crippen molar-refractivity contribution in [1.82, 2.24) is 8.75 Å². The molecule has 4 rings (SSSR count). The van der Waals surface area contributed by atoms with E-state index >= 15 is 0 Å². The standard InChI is InChI=1S/C26H30N2S3.6C4H9.2Sn/c1-3-5-7-9-11-19-15-23(29-17-19)21-13-14-22(26-25(21)27-31-28-26)24-16-20(18-30-24)12-10-8-6-4-2;6*1-3-4-2;;/h13-16H,3-12H2,1-2H3;6*1,3-4H2,2H3;;. The first-order valence-corrected chi connectivity index (χ1v) is 41.8. The third-order valence-electron chi connectivity index (χ3n) is 13.2. The molecule has 0 atom stereocenters. The zero-order chi connectivity index (χ0) is 40.9. The summed E-state index contributed by atoms with van der Waals surface area (Å²) in [5.74, 6) is 0. The van der Waals surface area contributed by atoms with Gasteiger partial charge in [0.25, 0.3) is 0 Å². The first-order valence-electron chi connectivity index (χ1n) is 24.4. The molecular formula is C50H84N2S3Sn2. The molecule has 320 valence electrons. The molecule has 7 heteroatoms. The van der Waals surface area contributed by atoms with Crippen LogP contribution in [0.5, 0.6) is 0 Å². The van der Waals surface area contributed by atoms with Crippen LogP contribution in [0.15, 0.2) is 24.3 Å². The third-order valence-corrected chi connectivity index (χ3v) is 53.1. The Bertz CT molecular complexity index is 1520. The van der Waals surface area contributed by atoms with Gasteiger partial charge >= 0.3 is 376 Å². The number of nitrogens with zero attached hydrogens (tertiary/aromatic N) is 2. The molecule has 1 aromatic carbocycles. The van der Waals surface area contributed by atoms with E-state index in [1.54, 1.807) is 37.7 Å². The summed E-state index contributed by atoms with van der Waals surface area (Å²) in [7, 11) is 0. The van der Waals surface area contributed by atoms with Crippen LogP contribution in [-0.2, 0) is 12.8 Å². The van der Waals surface area contributed by atoms with Crippen LogP contribution in [0.3, 0.4) is 0 Å². The molecule has 2 nitrogen and oxygen atoms in total. The van der Waals surface area contributed by atoms with E-state index in [-0.39, 0.29) is 0 Å². The Kier molecular flexibility index (Phi) is 23.7. The van der Waals surface area contributed by atoms with Crippen molar-refractivity contribution < 1.29 is 0 Å². The van der Waals surface area contributed by atoms with Crippen molar-refractivity contribution in [1.29, 1.82) is 0 Å². The molecule has 57 heavy (non-hydrogen) atoms. The number of rotatable bonds is 32. The summed E-state index contributed by atoms with van der Waals surface area (Å²) in [6.07, 6.45) is 29.8. The quantitative estimate of drug-likeness (QED) is 0.0360. The Balaban J connectivity index is 1.88. The molecule has 0 saturated carbocycles. The third kappa shape index (κ3) is 13.8. The van der Waals surface area contributed by atoms with E-state index in [4.69, 9.17) is 8.75 Å². The molecule has 3 aromatic heterocycles. The van der Waals surface area contributed by atoms with Crippen LogP contribution in [0, 0.1) is 0 Å². The number of aryl methyl sites for hydroxylation is 2. The van der Waals surface area contributed by atoms with Crippen molar-refractivity contribution in [2.24, 2.45) is 0 Å². The Morgan fingerprint density at radius 1 is 0.404 bits per heavy atom. The predicted octanol–water partition coefficient (Wildman–Crippen LogP) is 17.5. The summed E-state index contributed by atoms with van der Waals surface area (Å²) in [6, 6.07) is 10.3. The van der Waals surface area contributed by atoms with E-state index in [0.29, 0.717) is 0 Å². The van der Waals surface area contributed by atoms with Crippen molar-refractivity contribution >= 4 is 88.0 Å². The average Bonchev–Trinajstić information content (AvgIpc) is 4.01. The molecule has 0 aliphatic carbocycles. The molecule has 0 N–H and O–H groups in total. The second-order valence-electron chi connectivity index (χ2n) is 17.9. The number of fused-ring (bicyclic) bond motifs is 1. The second kappa shape index (κ2) is 27.2. The first kappa shape index (κ1) is 49.7. The zero-order valence-corrected chi connectivity index (χ0v) is 46.4. The minimum atomic E-state index is -2.65. The van der Waals surface area contributed by atoms with Gasteiger partial charge in [-0.2, -0.15) is 0 Å². The summed E-state index contributed by atoms with van der Waals surface area (Å²) in [6.45, 7) is 19.2. The van der Waals surface area contributed by atoms with Crippen LogP contribution in [0.25, 0.3) is 31.9 Å². The molecule has 0 unspecified atom stereocenters. The molecule has 0 aliphatic heterocycles. The van der Waals surface area contributed by atoms with Gasteiger partial charge in [-0.3, -0.25) is 0 Å². The van der Waals surface area contributed by atoms with Gasteiger partial charge in [-0.05, 0) is 0 Å². The van der Waals surface area contributed by atoms with Crippen LogP contribution in [-0.4, -0.2) is 45.5 Å². The van der Waals surface area contributed by atoms with Gasteiger partial charge < -0.3 is 0 Å². The van der Waals surface area contributed by atoms with E-state index in [9.17, 15) is 0 Å². The molecule has 0 aliphatic rings. The second-order valence-corrected chi connectivity index (χ2v) is 48.6. The van der Waals surface area contributed by atoms with Gasteiger partial charge in [0.2, 0.25) is 0 Å². The van der Waals surface area contributed by atoms with Gasteiger partial charge in [-0.1, -0.05) is 0 Å². The molecule has 4 aromatic rings. The average molecular weight is 1050 g/mol. The Hall–Kier alpha value is 0.0374. The topological polar surface area (TPSA) is 25.8 Å². The van der Waals surface area contributed by atoms with Gasteiger partial charge in [0, 0.05) is 0 Å². The van der Waals surface area contributed by atoms with Gasteiger partial charge in [0.15, 0.2) is 0 Å². The number of unbranched alkanes of at least 4 members (excludes halogenated alkanes) is 12. The fraction of sp³-hybridized carbons (Fsp3) is 0.720. The van der Waals surface area contributed by atoms with Crippen molar-refractivity contribution in [3.8, 4) is 20.9 Å². The van der Waals surface area contributed by atoms with Crippen LogP contribution in [0.1, 0.15) is 195 Å². The fourth-order valence-corrected chi connectivity index (χ4v) is 53.2. The maximum absolute atomic E-state index is 5.16. The van der Waals surface area contributed by atoms with Crippen molar-refractivity contribution in [2.45, 2.75) is 223 Å². The van der Waals surface area contributed by atoms with E-state index in [1.165, 1.54) is 174 Å². The van der Waals surface area contributed by atoms with Gasteiger partial charge in [-0.25, -0.2) is 0 Å². The van der Waals surface area contributed by atoms with Crippen LogP contribution in [0.2, 0.25) is 26.6 Å². The van der Waals surface area contributed by atoms with E-state index in [1.807, 2.05) is 5.79 Å². The summed E-state index contributed by atoms with van der Waals surface area (Å²) >= 11 is 0.629. The summed E-state index contributed by atoms with van der Waals surface area (Å²) < 4.78 is 23.5. The summed E-state index contributed by atoms with van der Waals surface area (Å²) in [4.78, 5) is 2.98. The molecule has 0 saturated heterocycles. The Morgan fingerprint density at radius 3 is 1.02 bits per heavy atom. The van der Waals surface area contributed by atoms with Gasteiger partial charge in [-0.15, -0.1) is 0 Å². The molecule has 0 fully saturated rings. The fourth-order valence-electron chi connectivity index (χ4n) is 9.66. The predicted molar refractivity (Wildman–Crippen MR) is 269 cm³/mol. The van der Waals surface area contributed by atoms with Crippen molar-refractivity contribution in [3.05, 3.63) is 35.4 Å². The number of aromatic nitrogens is 2. The first-order chi connectivity index (χ1) is 27.9. The minimum absolute atomic E-state index is 1.16. The normalized spacial score (nSPS) is 12.4. The molecule has 0 radical (unpaired) electrons. The Morgan fingerprint density at radius 2 is 0.719 bits per heavy atom. The molecule has 0 spiro atoms. The number of hydrogen-bond acceptors (Lipinski definition) is 5. The van der Waals surface area contributed by atoms with Crippen LogP contribution >= 0.6 is 34.4 Å². The van der Waals surface area contributed by atoms with Gasteiger partial charge in [0.1, 0.15) is 0 Å². The summed E-state index contributed by atoms with van der Waals surface area (Å²) in [5, 5.41) is 0. The van der Waals surface area contributed by atoms with E-state index in [2.05, 4.69) is 102 Å². The van der Waals surface area contributed by atoms with Crippen LogP contribution < -0.4 is 5.79 Å². The Labute approximate surface area is 372 Å². The molecule has 0 amide bonds. The number of thiophene rings is 2. The van der Waals surface area contributed by atoms with Crippen LogP contribution in [0.4, 0.5) is 0 Å². The SMILES string of the molecule is CCCCCCc1cc(-c2ccc(-c3cc(CCCCCC)[c]([Sn]([CH2]CCC)([CH2]CCC)[CH2]CCC)s3)c3nsnc23)s[c]1[Sn]([CH2]CCC)([CH2]CCC)[CH2]CCC. The van der Waals surface area contributed by atoms with E-state index in [0.717, 1.165) is 11.0 Å². The molecule has 3 heterocycles. The maximum atomic E-state index is 5.16. The summed E-state index contributed by atoms with van der Waals surface area (Å²) in [5.41, 5.74) is 8.53. The number of hydrogen-bond donors (Lipinski definition) is 0. The molecular weight excluding hydrogens is 962 g/mol. The zero-order valence-electron chi connectivity index (χ0n) is 38.2. The molecule has 0 bridgehead atoms. The monoisotopic (exact) mass is 1050 g/mol. The van der Waals surface area contributed by atoms with E-state index < -0.39 is 36.8 Å². The van der Waals surface area contributed by atoms with Crippen molar-refractivity contribution in [3.63, 3.8) is 0 Å². The van der Waals surface area contributed by atoms with Crippen molar-refractivity contribution in [2.75, 3.05) is 0 Å². The van der Waals surface area contributed by atoms with Gasteiger partial charge in [0.05, 0.1) is 0 Å².